The fourth-order valence-corrected chi connectivity index (χ4v) is 4.86. The molecule has 1 fully saturated rings. The molecule has 11 nitrogen and oxygen atoms in total. The fraction of sp³-hybridized carbons (Fsp3) is 0.556. The maximum Gasteiger partial charge on any atom is 0.293 e. The number of hydrogen-bond acceptors (Lipinski definition) is 10. The lowest BCUT2D eigenvalue weighted by Gasteiger charge is -2.32. The van der Waals surface area contributed by atoms with E-state index in [0.29, 0.717) is 18.0 Å². The molecule has 1 saturated heterocycles. The number of nitrogens with one attached hydrogen (secondary N) is 1. The van der Waals surface area contributed by atoms with Crippen molar-refractivity contribution in [3.05, 3.63) is 36.8 Å². The third-order valence-electron chi connectivity index (χ3n) is 6.31. The minimum atomic E-state index is -3.25. The number of sulfone groups is 1. The Morgan fingerprint density at radius 1 is 1.10 bits per heavy atom. The van der Waals surface area contributed by atoms with E-state index < -0.39 is 9.84 Å². The summed E-state index contributed by atoms with van der Waals surface area (Å²) in [6.45, 7) is 10.8. The van der Waals surface area contributed by atoms with Crippen LogP contribution in [-0.2, 0) is 19.4 Å². The normalized spacial score (nSPS) is 14.6. The molecule has 1 N–H and O–H groups in total. The van der Waals surface area contributed by atoms with Crippen LogP contribution in [-0.4, -0.2) is 98.2 Å². The third-order valence-corrected chi connectivity index (χ3v) is 7.44. The van der Waals surface area contributed by atoms with E-state index in [-0.39, 0.29) is 10.5 Å². The van der Waals surface area contributed by atoms with E-state index in [1.54, 1.807) is 41.5 Å². The SMILES string of the molecule is CC(C)(C)OC=O.CN(C)CCN(CC1CCNCC1)c1ncnc2c1cnn2-c1ccc(S(C)(=O)=O)cc1. The van der Waals surface area contributed by atoms with Crippen molar-refractivity contribution in [1.82, 2.24) is 30.0 Å². The smallest absolute Gasteiger partial charge is 0.293 e. The molecule has 4 rings (SSSR count). The van der Waals surface area contributed by atoms with Crippen LogP contribution in [0.2, 0.25) is 0 Å². The Morgan fingerprint density at radius 2 is 1.77 bits per heavy atom. The van der Waals surface area contributed by atoms with Crippen molar-refractivity contribution < 1.29 is 17.9 Å². The molecule has 3 aromatic rings. The number of nitrogens with zero attached hydrogens (tertiary/aromatic N) is 6. The third kappa shape index (κ3) is 8.97. The molecule has 39 heavy (non-hydrogen) atoms. The number of hydrogen-bond donors (Lipinski definition) is 1. The van der Waals surface area contributed by atoms with E-state index in [4.69, 9.17) is 0 Å². The Hall–Kier alpha value is -3.09. The highest BCUT2D eigenvalue weighted by molar-refractivity contribution is 7.90. The monoisotopic (exact) mass is 559 g/mol. The Balaban J connectivity index is 0.000000532. The number of piperidine rings is 1. The van der Waals surface area contributed by atoms with Crippen LogP contribution in [0.1, 0.15) is 33.6 Å². The van der Waals surface area contributed by atoms with Gasteiger partial charge < -0.3 is 19.9 Å². The molecule has 2 aromatic heterocycles. The molecule has 1 aliphatic rings. The van der Waals surface area contributed by atoms with Crippen LogP contribution >= 0.6 is 0 Å². The van der Waals surface area contributed by atoms with E-state index in [2.05, 4.69) is 49.0 Å². The zero-order chi connectivity index (χ0) is 28.6. The molecule has 0 saturated carbocycles. The van der Waals surface area contributed by atoms with Crippen LogP contribution in [0.5, 0.6) is 0 Å². The predicted octanol–water partition coefficient (Wildman–Crippen LogP) is 2.54. The minimum Gasteiger partial charge on any atom is -0.462 e. The van der Waals surface area contributed by atoms with Crippen LogP contribution in [0, 0.1) is 5.92 Å². The molecule has 3 heterocycles. The first kappa shape index (κ1) is 30.5. The summed E-state index contributed by atoms with van der Waals surface area (Å²) in [5.74, 6) is 1.52. The van der Waals surface area contributed by atoms with Gasteiger partial charge in [0.15, 0.2) is 15.5 Å². The lowest BCUT2D eigenvalue weighted by Crippen LogP contribution is -2.39. The first-order valence-corrected chi connectivity index (χ1v) is 15.0. The van der Waals surface area contributed by atoms with Gasteiger partial charge in [0.25, 0.3) is 6.47 Å². The summed E-state index contributed by atoms with van der Waals surface area (Å²) in [6, 6.07) is 6.70. The van der Waals surface area contributed by atoms with Gasteiger partial charge in [-0.3, -0.25) is 4.79 Å². The molecule has 0 atom stereocenters. The number of fused-ring (bicyclic) bond motifs is 1. The van der Waals surface area contributed by atoms with E-state index in [1.165, 1.54) is 19.1 Å². The molecule has 0 aliphatic carbocycles. The van der Waals surface area contributed by atoms with Gasteiger partial charge in [0.05, 0.1) is 22.2 Å². The van der Waals surface area contributed by atoms with Crippen molar-refractivity contribution in [3.8, 4) is 5.69 Å². The van der Waals surface area contributed by atoms with Crippen LogP contribution < -0.4 is 10.2 Å². The standard InChI is InChI=1S/C22H31N7O2S.C5H10O2/c1-27(2)12-13-28(15-17-8-10-23-11-9-17)21-20-14-26-29(22(20)25-16-24-21)18-4-6-19(7-5-18)32(3,30)31;1-5(2,3)7-4-6/h4-7,14,16-17,23H,8-13,15H2,1-3H3;4H,1-3H3. The number of rotatable bonds is 9. The number of ether oxygens (including phenoxy) is 1. The molecule has 12 heteroatoms. The van der Waals surface area contributed by atoms with Crippen LogP contribution in [0.25, 0.3) is 16.7 Å². The van der Waals surface area contributed by atoms with Crippen LogP contribution in [0.15, 0.2) is 41.7 Å². The zero-order valence-corrected chi connectivity index (χ0v) is 24.6. The number of carbonyl (C=O) groups is 1. The van der Waals surface area contributed by atoms with Crippen LogP contribution in [0.3, 0.4) is 0 Å². The molecule has 0 unspecified atom stereocenters. The maximum absolute atomic E-state index is 11.8. The van der Waals surface area contributed by atoms with Crippen molar-refractivity contribution in [3.63, 3.8) is 0 Å². The summed E-state index contributed by atoms with van der Waals surface area (Å²) >= 11 is 0. The summed E-state index contributed by atoms with van der Waals surface area (Å²) in [5.41, 5.74) is 1.15. The first-order valence-electron chi connectivity index (χ1n) is 13.1. The van der Waals surface area contributed by atoms with Gasteiger partial charge in [0, 0.05) is 25.9 Å². The second-order valence-corrected chi connectivity index (χ2v) is 13.0. The second kappa shape index (κ2) is 13.3. The molecule has 0 amide bonds. The Bertz CT molecular complexity index is 1310. The largest absolute Gasteiger partial charge is 0.462 e. The summed E-state index contributed by atoms with van der Waals surface area (Å²) in [7, 11) is 0.913. The van der Waals surface area contributed by atoms with Crippen molar-refractivity contribution in [2.24, 2.45) is 5.92 Å². The van der Waals surface area contributed by atoms with Gasteiger partial charge in [-0.05, 0) is 91.0 Å². The summed E-state index contributed by atoms with van der Waals surface area (Å²) in [6.07, 6.45) is 6.93. The van der Waals surface area contributed by atoms with Gasteiger partial charge >= 0.3 is 0 Å². The van der Waals surface area contributed by atoms with E-state index >= 15 is 0 Å². The van der Waals surface area contributed by atoms with E-state index in [9.17, 15) is 13.2 Å². The molecule has 214 valence electrons. The average molecular weight is 560 g/mol. The zero-order valence-electron chi connectivity index (χ0n) is 23.8. The van der Waals surface area contributed by atoms with Gasteiger partial charge in [-0.25, -0.2) is 23.1 Å². The molecular formula is C27H41N7O4S. The Labute approximate surface area is 231 Å². The number of likely N-dealkylation sites (N-methyl/N-ethyl adjacent to an activating group) is 1. The molecular weight excluding hydrogens is 518 g/mol. The number of benzene rings is 1. The number of carbonyl (C=O) groups excluding carboxylic acids is 1. The lowest BCUT2D eigenvalue weighted by molar-refractivity contribution is -0.138. The summed E-state index contributed by atoms with van der Waals surface area (Å²) < 4.78 is 29.8. The maximum atomic E-state index is 11.8. The Morgan fingerprint density at radius 3 is 2.31 bits per heavy atom. The minimum absolute atomic E-state index is 0.282. The van der Waals surface area contributed by atoms with Gasteiger partial charge in [-0.15, -0.1) is 0 Å². The van der Waals surface area contributed by atoms with E-state index in [0.717, 1.165) is 49.6 Å². The first-order chi connectivity index (χ1) is 18.4. The van der Waals surface area contributed by atoms with Gasteiger partial charge in [0.1, 0.15) is 17.7 Å². The average Bonchev–Trinajstić information content (AvgIpc) is 3.31. The highest BCUT2D eigenvalue weighted by Gasteiger charge is 2.22. The molecule has 0 radical (unpaired) electrons. The summed E-state index contributed by atoms with van der Waals surface area (Å²) in [5, 5.41) is 8.89. The van der Waals surface area contributed by atoms with Crippen molar-refractivity contribution in [1.29, 1.82) is 0 Å². The predicted molar refractivity (Wildman–Crippen MR) is 153 cm³/mol. The molecule has 0 bridgehead atoms. The fourth-order valence-electron chi connectivity index (χ4n) is 4.23. The van der Waals surface area contributed by atoms with Crippen molar-refractivity contribution in [2.75, 3.05) is 58.0 Å². The van der Waals surface area contributed by atoms with Crippen molar-refractivity contribution >= 4 is 33.2 Å². The highest BCUT2D eigenvalue weighted by Crippen LogP contribution is 2.27. The van der Waals surface area contributed by atoms with Crippen LogP contribution in [0.4, 0.5) is 5.82 Å². The Kier molecular flexibility index (Phi) is 10.4. The van der Waals surface area contributed by atoms with E-state index in [1.807, 2.05) is 20.8 Å². The van der Waals surface area contributed by atoms with Crippen molar-refractivity contribution in [2.45, 2.75) is 44.1 Å². The molecule has 1 aliphatic heterocycles. The number of aromatic nitrogens is 4. The number of anilines is 1. The topological polar surface area (TPSA) is 123 Å². The molecule has 0 spiro atoms. The second-order valence-electron chi connectivity index (χ2n) is 11.0. The quantitative estimate of drug-likeness (QED) is 0.391. The van der Waals surface area contributed by atoms with Gasteiger partial charge in [-0.2, -0.15) is 5.10 Å². The van der Waals surface area contributed by atoms with Gasteiger partial charge in [-0.1, -0.05) is 0 Å². The lowest BCUT2D eigenvalue weighted by atomic mass is 9.97. The molecule has 1 aromatic carbocycles. The highest BCUT2D eigenvalue weighted by atomic mass is 32.2. The van der Waals surface area contributed by atoms with Gasteiger partial charge in [0.2, 0.25) is 0 Å². The summed E-state index contributed by atoms with van der Waals surface area (Å²) in [4.78, 5) is 23.6.